The van der Waals surface area contributed by atoms with Crippen molar-refractivity contribution in [1.82, 2.24) is 4.90 Å². The fraction of sp³-hybridized carbons (Fsp3) is 0.684. The van der Waals surface area contributed by atoms with Crippen LogP contribution in [0.1, 0.15) is 31.2 Å². The van der Waals surface area contributed by atoms with Crippen molar-refractivity contribution in [1.29, 1.82) is 0 Å². The smallest absolute Gasteiger partial charge is 0.182 e. The number of nitrogens with zero attached hydrogens (tertiary/aromatic N) is 1. The van der Waals surface area contributed by atoms with Gasteiger partial charge in [0.15, 0.2) is 5.79 Å². The van der Waals surface area contributed by atoms with E-state index in [1.807, 2.05) is 18.2 Å². The van der Waals surface area contributed by atoms with Gasteiger partial charge in [0.1, 0.15) is 0 Å². The monoisotopic (exact) mass is 385 g/mol. The first kappa shape index (κ1) is 18.0. The van der Waals surface area contributed by atoms with Gasteiger partial charge in [-0.1, -0.05) is 29.3 Å². The molecular weight excluding hydrogens is 361 g/mol. The Bertz CT molecular complexity index is 586. The molecule has 4 nitrogen and oxygen atoms in total. The summed E-state index contributed by atoms with van der Waals surface area (Å²) in [4.78, 5) is 2.51. The summed E-state index contributed by atoms with van der Waals surface area (Å²) in [6.07, 6.45) is 5.51. The molecule has 4 rings (SSSR count). The van der Waals surface area contributed by atoms with Gasteiger partial charge in [0, 0.05) is 29.1 Å². The predicted molar refractivity (Wildman–Crippen MR) is 98.4 cm³/mol. The van der Waals surface area contributed by atoms with Gasteiger partial charge in [-0.2, -0.15) is 0 Å². The maximum atomic E-state index is 6.25. The molecule has 2 aliphatic heterocycles. The molecule has 1 saturated carbocycles. The third-order valence-electron chi connectivity index (χ3n) is 5.67. The summed E-state index contributed by atoms with van der Waals surface area (Å²) in [5.41, 5.74) is 0.980. The van der Waals surface area contributed by atoms with Crippen LogP contribution in [0.2, 0.25) is 10.0 Å². The van der Waals surface area contributed by atoms with Gasteiger partial charge in [-0.15, -0.1) is 0 Å². The molecule has 0 N–H and O–H groups in total. The van der Waals surface area contributed by atoms with Gasteiger partial charge in [-0.05, 0) is 43.4 Å². The molecule has 1 spiro atoms. The standard InChI is InChI=1S/C19H25Cl2NO3/c20-15-3-1-4-16(21)14(15)7-10-23-18-6-2-5-17(18)22-9-8-19(13-22)24-11-12-25-19/h1,3-4,17-18H,2,5-13H2/t17-,18-/m0/s1. The van der Waals surface area contributed by atoms with E-state index < -0.39 is 0 Å². The first-order chi connectivity index (χ1) is 12.2. The maximum Gasteiger partial charge on any atom is 0.182 e. The number of benzene rings is 1. The number of ether oxygens (including phenoxy) is 3. The Balaban J connectivity index is 1.32. The average molecular weight is 386 g/mol. The summed E-state index contributed by atoms with van der Waals surface area (Å²) in [7, 11) is 0. The molecule has 0 radical (unpaired) electrons. The van der Waals surface area contributed by atoms with Gasteiger partial charge in [-0.3, -0.25) is 4.90 Å². The summed E-state index contributed by atoms with van der Waals surface area (Å²) in [5.74, 6) is -0.349. The topological polar surface area (TPSA) is 30.9 Å². The molecular formula is C19H25Cl2NO3. The van der Waals surface area contributed by atoms with Crippen molar-refractivity contribution in [3.05, 3.63) is 33.8 Å². The highest BCUT2D eigenvalue weighted by molar-refractivity contribution is 6.35. The van der Waals surface area contributed by atoms with E-state index in [0.717, 1.165) is 61.2 Å². The van der Waals surface area contributed by atoms with Crippen molar-refractivity contribution < 1.29 is 14.2 Å². The molecule has 3 aliphatic rings. The van der Waals surface area contributed by atoms with Crippen LogP contribution in [-0.4, -0.2) is 55.7 Å². The van der Waals surface area contributed by atoms with Crippen LogP contribution in [0.25, 0.3) is 0 Å². The second kappa shape index (κ2) is 7.71. The van der Waals surface area contributed by atoms with Crippen LogP contribution in [0, 0.1) is 0 Å². The van der Waals surface area contributed by atoms with E-state index in [2.05, 4.69) is 4.90 Å². The summed E-state index contributed by atoms with van der Waals surface area (Å²) in [5, 5.41) is 1.44. The number of halogens is 2. The van der Waals surface area contributed by atoms with Crippen molar-refractivity contribution in [3.8, 4) is 0 Å². The minimum absolute atomic E-state index is 0.276. The Hall–Kier alpha value is -0.360. The average Bonchev–Trinajstić information content (AvgIpc) is 3.32. The lowest BCUT2D eigenvalue weighted by Crippen LogP contribution is -2.43. The summed E-state index contributed by atoms with van der Waals surface area (Å²) < 4.78 is 18.0. The van der Waals surface area contributed by atoms with E-state index in [0.29, 0.717) is 12.6 Å². The maximum absolute atomic E-state index is 6.25. The molecule has 0 aromatic heterocycles. The van der Waals surface area contributed by atoms with Gasteiger partial charge >= 0.3 is 0 Å². The van der Waals surface area contributed by atoms with Gasteiger partial charge < -0.3 is 14.2 Å². The molecule has 2 saturated heterocycles. The van der Waals surface area contributed by atoms with Crippen molar-refractivity contribution in [2.75, 3.05) is 32.9 Å². The van der Waals surface area contributed by atoms with Gasteiger partial charge in [0.2, 0.25) is 0 Å². The minimum atomic E-state index is -0.349. The molecule has 2 heterocycles. The Labute approximate surface area is 159 Å². The molecule has 6 heteroatoms. The SMILES string of the molecule is Clc1cccc(Cl)c1CCO[C@H]1CCC[C@@H]1N1CCC2(C1)OCCO2. The molecule has 1 aromatic rings. The van der Waals surface area contributed by atoms with Crippen molar-refractivity contribution >= 4 is 23.2 Å². The van der Waals surface area contributed by atoms with Crippen molar-refractivity contribution in [2.45, 2.75) is 50.0 Å². The summed E-state index contributed by atoms with van der Waals surface area (Å²) in [6, 6.07) is 6.10. The van der Waals surface area contributed by atoms with E-state index in [4.69, 9.17) is 37.4 Å². The minimum Gasteiger partial charge on any atom is -0.376 e. The first-order valence-electron chi connectivity index (χ1n) is 9.23. The summed E-state index contributed by atoms with van der Waals surface area (Å²) >= 11 is 12.5. The molecule has 0 amide bonds. The highest BCUT2D eigenvalue weighted by atomic mass is 35.5. The zero-order chi connectivity index (χ0) is 17.3. The predicted octanol–water partition coefficient (Wildman–Crippen LogP) is 3.92. The van der Waals surface area contributed by atoms with E-state index in [-0.39, 0.29) is 11.9 Å². The van der Waals surface area contributed by atoms with Gasteiger partial charge in [-0.25, -0.2) is 0 Å². The van der Waals surface area contributed by atoms with Crippen molar-refractivity contribution in [2.24, 2.45) is 0 Å². The zero-order valence-corrected chi connectivity index (χ0v) is 15.9. The highest BCUT2D eigenvalue weighted by Gasteiger charge is 2.47. The molecule has 0 bridgehead atoms. The zero-order valence-electron chi connectivity index (χ0n) is 14.4. The number of rotatable bonds is 5. The number of hydrogen-bond acceptors (Lipinski definition) is 4. The van der Waals surface area contributed by atoms with Gasteiger partial charge in [0.25, 0.3) is 0 Å². The lowest BCUT2D eigenvalue weighted by Gasteiger charge is -2.30. The number of likely N-dealkylation sites (tertiary alicyclic amines) is 1. The quantitative estimate of drug-likeness (QED) is 0.768. The normalized spacial score (nSPS) is 29.0. The van der Waals surface area contributed by atoms with Crippen LogP contribution in [0.15, 0.2) is 18.2 Å². The number of hydrogen-bond donors (Lipinski definition) is 0. The largest absolute Gasteiger partial charge is 0.376 e. The van der Waals surface area contributed by atoms with Crippen molar-refractivity contribution in [3.63, 3.8) is 0 Å². The second-order valence-corrected chi connectivity index (χ2v) is 8.00. The van der Waals surface area contributed by atoms with Crippen LogP contribution in [0.4, 0.5) is 0 Å². The summed E-state index contributed by atoms with van der Waals surface area (Å²) in [6.45, 7) is 3.99. The second-order valence-electron chi connectivity index (χ2n) is 7.19. The molecule has 25 heavy (non-hydrogen) atoms. The third-order valence-corrected chi connectivity index (χ3v) is 6.38. The van der Waals surface area contributed by atoms with E-state index in [1.165, 1.54) is 12.8 Å². The first-order valence-corrected chi connectivity index (χ1v) is 9.99. The Kier molecular flexibility index (Phi) is 5.56. The highest BCUT2D eigenvalue weighted by Crippen LogP contribution is 2.36. The fourth-order valence-electron chi connectivity index (χ4n) is 4.40. The van der Waals surface area contributed by atoms with E-state index in [1.54, 1.807) is 0 Å². The lowest BCUT2D eigenvalue weighted by atomic mass is 10.1. The van der Waals surface area contributed by atoms with Gasteiger partial charge in [0.05, 0.1) is 32.5 Å². The molecule has 2 atom stereocenters. The Morgan fingerprint density at radius 1 is 1.16 bits per heavy atom. The van der Waals surface area contributed by atoms with Crippen LogP contribution < -0.4 is 0 Å². The van der Waals surface area contributed by atoms with E-state index >= 15 is 0 Å². The molecule has 3 fully saturated rings. The molecule has 0 unspecified atom stereocenters. The van der Waals surface area contributed by atoms with Crippen LogP contribution >= 0.6 is 23.2 Å². The molecule has 1 aliphatic carbocycles. The Morgan fingerprint density at radius 2 is 1.92 bits per heavy atom. The molecule has 1 aromatic carbocycles. The van der Waals surface area contributed by atoms with Crippen LogP contribution in [0.3, 0.4) is 0 Å². The Morgan fingerprint density at radius 3 is 2.68 bits per heavy atom. The van der Waals surface area contributed by atoms with Crippen LogP contribution in [-0.2, 0) is 20.6 Å². The van der Waals surface area contributed by atoms with E-state index in [9.17, 15) is 0 Å². The molecule has 138 valence electrons. The lowest BCUT2D eigenvalue weighted by molar-refractivity contribution is -0.148. The van der Waals surface area contributed by atoms with Crippen LogP contribution in [0.5, 0.6) is 0 Å². The third kappa shape index (κ3) is 3.85. The fourth-order valence-corrected chi connectivity index (χ4v) is 4.99.